The monoisotopic (exact) mass is 504 g/mol. The molecule has 0 radical (unpaired) electrons. The van der Waals surface area contributed by atoms with Crippen molar-refractivity contribution >= 4 is 23.5 Å². The number of Topliss-reactive ketones (excluding diaryl/α,β-unsaturated/α-hetero) is 2. The largest absolute Gasteiger partial charge is 0.481 e. The van der Waals surface area contributed by atoms with E-state index >= 15 is 0 Å². The highest BCUT2D eigenvalue weighted by molar-refractivity contribution is 5.87. The summed E-state index contributed by atoms with van der Waals surface area (Å²) in [5.74, 6) is -1.09. The molecule has 2 aliphatic carbocycles. The minimum Gasteiger partial charge on any atom is -0.481 e. The Bertz CT molecular complexity index is 742. The average Bonchev–Trinajstić information content (AvgIpc) is 2.81. The summed E-state index contributed by atoms with van der Waals surface area (Å²) >= 11 is 0. The van der Waals surface area contributed by atoms with E-state index in [9.17, 15) is 29.4 Å². The third kappa shape index (κ3) is 8.85. The van der Waals surface area contributed by atoms with Crippen LogP contribution in [0.3, 0.4) is 0 Å². The van der Waals surface area contributed by atoms with Gasteiger partial charge in [0.2, 0.25) is 0 Å². The molecule has 0 aromatic carbocycles. The Kier molecular flexibility index (Phi) is 11.4. The first-order valence-corrected chi connectivity index (χ1v) is 14.1. The minimum absolute atomic E-state index is 0.0474. The van der Waals surface area contributed by atoms with Crippen LogP contribution in [-0.4, -0.2) is 33.7 Å². The van der Waals surface area contributed by atoms with E-state index in [0.717, 1.165) is 77.0 Å². The van der Waals surface area contributed by atoms with Gasteiger partial charge >= 0.3 is 11.9 Å². The zero-order valence-electron chi connectivity index (χ0n) is 22.9. The Morgan fingerprint density at radius 3 is 1.39 bits per heavy atom. The van der Waals surface area contributed by atoms with E-state index in [-0.39, 0.29) is 35.2 Å². The van der Waals surface area contributed by atoms with Crippen molar-refractivity contribution in [2.24, 2.45) is 34.5 Å². The quantitative estimate of drug-likeness (QED) is 0.198. The first kappa shape index (κ1) is 30.2. The number of allylic oxidation sites excluding steroid dienone is 2. The lowest BCUT2D eigenvalue weighted by molar-refractivity contribution is -0.148. The molecule has 36 heavy (non-hydrogen) atoms. The van der Waals surface area contributed by atoms with Crippen molar-refractivity contribution in [2.75, 3.05) is 0 Å². The van der Waals surface area contributed by atoms with Crippen LogP contribution in [-0.2, 0) is 19.2 Å². The fourth-order valence-electron chi connectivity index (χ4n) is 5.70. The third-order valence-electron chi connectivity index (χ3n) is 8.61. The van der Waals surface area contributed by atoms with E-state index in [0.29, 0.717) is 12.8 Å². The molecular weight excluding hydrogens is 456 g/mol. The predicted molar refractivity (Wildman–Crippen MR) is 141 cm³/mol. The number of hydrogen-bond acceptors (Lipinski definition) is 4. The number of carboxylic acids is 2. The maximum atomic E-state index is 13.1. The molecule has 0 aromatic heterocycles. The molecule has 2 saturated carbocycles. The summed E-state index contributed by atoms with van der Waals surface area (Å²) in [6, 6.07) is 0. The van der Waals surface area contributed by atoms with Gasteiger partial charge in [-0.05, 0) is 79.1 Å². The summed E-state index contributed by atoms with van der Waals surface area (Å²) in [5.41, 5.74) is -1.44. The Balaban J connectivity index is 1.80. The number of aliphatic carboxylic acids is 2. The van der Waals surface area contributed by atoms with Crippen LogP contribution in [0.15, 0.2) is 12.2 Å². The van der Waals surface area contributed by atoms with Gasteiger partial charge in [-0.25, -0.2) is 0 Å². The average molecular weight is 505 g/mol. The van der Waals surface area contributed by atoms with Gasteiger partial charge in [-0.3, -0.25) is 19.2 Å². The molecule has 204 valence electrons. The minimum atomic E-state index is -0.775. The molecule has 4 atom stereocenters. The zero-order chi connectivity index (χ0) is 26.9. The van der Waals surface area contributed by atoms with Crippen LogP contribution in [0.25, 0.3) is 0 Å². The maximum Gasteiger partial charge on any atom is 0.309 e. The van der Waals surface area contributed by atoms with Crippen LogP contribution in [0.4, 0.5) is 0 Å². The molecule has 0 aliphatic heterocycles. The van der Waals surface area contributed by atoms with Crippen molar-refractivity contribution in [2.45, 2.75) is 118 Å². The molecule has 0 spiro atoms. The van der Waals surface area contributed by atoms with Crippen LogP contribution in [0.2, 0.25) is 0 Å². The van der Waals surface area contributed by atoms with Crippen LogP contribution >= 0.6 is 0 Å². The Labute approximate surface area is 217 Å². The molecule has 2 rings (SSSR count). The highest BCUT2D eigenvalue weighted by atomic mass is 16.4. The molecule has 2 N–H and O–H groups in total. The third-order valence-corrected chi connectivity index (χ3v) is 8.61. The lowest BCUT2D eigenvalue weighted by Gasteiger charge is -2.28. The summed E-state index contributed by atoms with van der Waals surface area (Å²) < 4.78 is 0. The van der Waals surface area contributed by atoms with Gasteiger partial charge in [-0.1, -0.05) is 50.7 Å². The molecule has 0 saturated heterocycles. The Morgan fingerprint density at radius 1 is 0.694 bits per heavy atom. The molecule has 6 nitrogen and oxygen atoms in total. The van der Waals surface area contributed by atoms with Crippen LogP contribution in [0, 0.1) is 34.5 Å². The molecule has 2 aliphatic rings. The number of carboxylic acid groups (broad SMARTS) is 2. The van der Waals surface area contributed by atoms with E-state index < -0.39 is 22.8 Å². The topological polar surface area (TPSA) is 109 Å². The smallest absolute Gasteiger partial charge is 0.309 e. The first-order chi connectivity index (χ1) is 16.8. The molecule has 0 heterocycles. The van der Waals surface area contributed by atoms with E-state index in [4.69, 9.17) is 0 Å². The Hall–Kier alpha value is -1.98. The first-order valence-electron chi connectivity index (χ1n) is 14.1. The van der Waals surface area contributed by atoms with Gasteiger partial charge in [0.25, 0.3) is 0 Å². The molecule has 0 aromatic rings. The van der Waals surface area contributed by atoms with E-state index in [2.05, 4.69) is 0 Å². The normalized spacial score (nSPS) is 25.9. The van der Waals surface area contributed by atoms with E-state index in [1.165, 1.54) is 0 Å². The number of hydrogen-bond donors (Lipinski definition) is 2. The molecule has 0 amide bonds. The van der Waals surface area contributed by atoms with Crippen molar-refractivity contribution in [1.29, 1.82) is 0 Å². The van der Waals surface area contributed by atoms with Crippen molar-refractivity contribution in [1.82, 2.24) is 0 Å². The highest BCUT2D eigenvalue weighted by Crippen LogP contribution is 2.34. The summed E-state index contributed by atoms with van der Waals surface area (Å²) in [5, 5.41) is 18.5. The lowest BCUT2D eigenvalue weighted by Crippen LogP contribution is -2.29. The zero-order valence-corrected chi connectivity index (χ0v) is 22.9. The molecule has 0 bridgehead atoms. The van der Waals surface area contributed by atoms with Gasteiger partial charge in [0, 0.05) is 23.7 Å². The molecule has 6 heteroatoms. The molecule has 2 fully saturated rings. The second-order valence-electron chi connectivity index (χ2n) is 12.5. The molecule has 4 unspecified atom stereocenters. The van der Waals surface area contributed by atoms with Crippen LogP contribution in [0.1, 0.15) is 118 Å². The second kappa shape index (κ2) is 13.5. The SMILES string of the molecule is CC(C)(CCCCC1CCCC(C=CC2CCCC(CCCCC(C)(C)C(=O)O)C2=O)C1=O)C(=O)O. The number of ketones is 2. The van der Waals surface area contributed by atoms with Crippen molar-refractivity contribution in [3.05, 3.63) is 12.2 Å². The van der Waals surface area contributed by atoms with Crippen LogP contribution < -0.4 is 0 Å². The van der Waals surface area contributed by atoms with Gasteiger partial charge in [-0.2, -0.15) is 0 Å². The van der Waals surface area contributed by atoms with Crippen molar-refractivity contribution in [3.8, 4) is 0 Å². The summed E-state index contributed by atoms with van der Waals surface area (Å²) in [6.07, 6.45) is 15.8. The van der Waals surface area contributed by atoms with E-state index in [1.807, 2.05) is 12.2 Å². The number of carbonyl (C=O) groups is 4. The van der Waals surface area contributed by atoms with Gasteiger partial charge in [0.05, 0.1) is 10.8 Å². The van der Waals surface area contributed by atoms with Gasteiger partial charge < -0.3 is 10.2 Å². The fraction of sp³-hybridized carbons (Fsp3) is 0.800. The van der Waals surface area contributed by atoms with E-state index in [1.54, 1.807) is 27.7 Å². The van der Waals surface area contributed by atoms with Gasteiger partial charge in [0.15, 0.2) is 0 Å². The van der Waals surface area contributed by atoms with Gasteiger partial charge in [0.1, 0.15) is 11.6 Å². The highest BCUT2D eigenvalue weighted by Gasteiger charge is 2.33. The Morgan fingerprint density at radius 2 is 1.06 bits per heavy atom. The molecular formula is C30H48O6. The van der Waals surface area contributed by atoms with Crippen LogP contribution in [0.5, 0.6) is 0 Å². The number of unbranched alkanes of at least 4 members (excludes halogenated alkanes) is 2. The number of carbonyl (C=O) groups excluding carboxylic acids is 2. The summed E-state index contributed by atoms with van der Waals surface area (Å²) in [6.45, 7) is 7.00. The lowest BCUT2D eigenvalue weighted by atomic mass is 9.75. The maximum absolute atomic E-state index is 13.1. The summed E-state index contributed by atoms with van der Waals surface area (Å²) in [7, 11) is 0. The summed E-state index contributed by atoms with van der Waals surface area (Å²) in [4.78, 5) is 48.7. The van der Waals surface area contributed by atoms with Gasteiger partial charge in [-0.15, -0.1) is 0 Å². The van der Waals surface area contributed by atoms with Crippen molar-refractivity contribution in [3.63, 3.8) is 0 Å². The number of rotatable bonds is 14. The fourth-order valence-corrected chi connectivity index (χ4v) is 5.70. The van der Waals surface area contributed by atoms with Crippen molar-refractivity contribution < 1.29 is 29.4 Å². The standard InChI is InChI=1S/C30H48O6/c1-29(2,27(33)34)19-7-5-11-21-13-9-15-23(25(21)31)17-18-24-16-10-14-22(26(24)32)12-6-8-20-30(3,4)28(35)36/h17-18,21-24H,5-16,19-20H2,1-4H3,(H,33,34)(H,35,36). The predicted octanol–water partition coefficient (Wildman–Crippen LogP) is 6.86. The second-order valence-corrected chi connectivity index (χ2v) is 12.5.